The van der Waals surface area contributed by atoms with Crippen LogP contribution in [0.5, 0.6) is 0 Å². The van der Waals surface area contributed by atoms with Gasteiger partial charge in [0.1, 0.15) is 6.42 Å². The quantitative estimate of drug-likeness (QED) is 0.343. The van der Waals surface area contributed by atoms with Crippen molar-refractivity contribution < 1.29 is 19.8 Å². The van der Waals surface area contributed by atoms with Crippen LogP contribution in [0.2, 0.25) is 0 Å². The molecule has 0 bridgehead atoms. The number of nitrogens with one attached hydrogen (secondary N) is 1. The van der Waals surface area contributed by atoms with Crippen molar-refractivity contribution in [1.29, 1.82) is 0 Å². The van der Waals surface area contributed by atoms with E-state index in [0.717, 1.165) is 0 Å². The number of amides is 2. The van der Waals surface area contributed by atoms with Gasteiger partial charge in [0.05, 0.1) is 0 Å². The second-order valence-corrected chi connectivity index (χ2v) is 2.18. The third-order valence-corrected chi connectivity index (χ3v) is 1.12. The highest BCUT2D eigenvalue weighted by atomic mass is 32.1. The van der Waals surface area contributed by atoms with Gasteiger partial charge in [-0.15, -0.1) is 0 Å². The predicted molar refractivity (Wildman–Crippen MR) is 38.8 cm³/mol. The number of carboxylic acid groups (broad SMARTS) is 1. The summed E-state index contributed by atoms with van der Waals surface area (Å²) < 4.78 is 0. The molecule has 6 nitrogen and oxygen atoms in total. The van der Waals surface area contributed by atoms with Crippen LogP contribution in [0.25, 0.3) is 0 Å². The molecule has 0 aliphatic carbocycles. The van der Waals surface area contributed by atoms with Crippen LogP contribution in [0, 0.1) is 5.21 Å². The molecule has 0 aromatic carbocycles. The first-order valence-electron chi connectivity index (χ1n) is 2.54. The molecule has 0 radical (unpaired) electrons. The fourth-order valence-corrected chi connectivity index (χ4v) is 0.579. The summed E-state index contributed by atoms with van der Waals surface area (Å²) in [5.74, 6) is -1.26. The number of primary amides is 1. The SMILES string of the molecule is NC(=O)[NH+]([O-])C(=S)CC(=O)O. The molecule has 0 saturated carbocycles. The molecular formula is C4H6N2O4S. The number of urea groups is 1. The number of nitrogens with two attached hydrogens (primary N) is 1. The lowest BCUT2D eigenvalue weighted by Crippen LogP contribution is -3.13. The lowest BCUT2D eigenvalue weighted by molar-refractivity contribution is -0.646. The van der Waals surface area contributed by atoms with Gasteiger partial charge in [-0.2, -0.15) is 0 Å². The Morgan fingerprint density at radius 3 is 2.36 bits per heavy atom. The van der Waals surface area contributed by atoms with Crippen molar-refractivity contribution >= 4 is 29.2 Å². The van der Waals surface area contributed by atoms with E-state index in [1.54, 1.807) is 0 Å². The Hall–Kier alpha value is -1.05. The molecule has 1 unspecified atom stereocenters. The van der Waals surface area contributed by atoms with Crippen LogP contribution in [0.4, 0.5) is 4.79 Å². The van der Waals surface area contributed by atoms with E-state index in [-0.39, 0.29) is 0 Å². The molecular weight excluding hydrogens is 172 g/mol. The normalized spacial score (nSPS) is 12.1. The third-order valence-electron chi connectivity index (χ3n) is 0.789. The molecule has 0 aromatic heterocycles. The summed E-state index contributed by atoms with van der Waals surface area (Å²) in [6, 6.07) is -1.23. The van der Waals surface area contributed by atoms with Gasteiger partial charge < -0.3 is 16.0 Å². The van der Waals surface area contributed by atoms with Gasteiger partial charge in [0.15, 0.2) is 4.99 Å². The molecule has 11 heavy (non-hydrogen) atoms. The fourth-order valence-electron chi connectivity index (χ4n) is 0.355. The Balaban J connectivity index is 4.04. The summed E-state index contributed by atoms with van der Waals surface area (Å²) >= 11 is 4.30. The molecule has 1 atom stereocenters. The van der Waals surface area contributed by atoms with Gasteiger partial charge in [-0.1, -0.05) is 0 Å². The molecule has 0 fully saturated rings. The van der Waals surface area contributed by atoms with E-state index in [1.165, 1.54) is 0 Å². The number of hydrogen-bond donors (Lipinski definition) is 3. The van der Waals surface area contributed by atoms with Crippen LogP contribution in [-0.4, -0.2) is 22.1 Å². The maximum absolute atomic E-state index is 10.5. The van der Waals surface area contributed by atoms with Crippen molar-refractivity contribution in [3.8, 4) is 0 Å². The van der Waals surface area contributed by atoms with Crippen molar-refractivity contribution in [1.82, 2.24) is 0 Å². The van der Waals surface area contributed by atoms with E-state index in [1.807, 2.05) is 0 Å². The number of hydroxylamine groups is 2. The first-order chi connectivity index (χ1) is 4.95. The number of hydrogen-bond acceptors (Lipinski definition) is 4. The minimum Gasteiger partial charge on any atom is -0.619 e. The van der Waals surface area contributed by atoms with Gasteiger partial charge in [-0.3, -0.25) is 9.86 Å². The fraction of sp³-hybridized carbons (Fsp3) is 0.250. The van der Waals surface area contributed by atoms with Crippen LogP contribution in [0.3, 0.4) is 0 Å². The molecule has 0 aliphatic rings. The van der Waals surface area contributed by atoms with Gasteiger partial charge in [0.2, 0.25) is 0 Å². The molecule has 0 rings (SSSR count). The molecule has 0 saturated heterocycles. The van der Waals surface area contributed by atoms with Crippen molar-refractivity contribution in [3.63, 3.8) is 0 Å². The number of carboxylic acids is 1. The van der Waals surface area contributed by atoms with Crippen molar-refractivity contribution in [2.45, 2.75) is 6.42 Å². The van der Waals surface area contributed by atoms with Crippen molar-refractivity contribution in [2.75, 3.05) is 0 Å². The van der Waals surface area contributed by atoms with Gasteiger partial charge in [0, 0.05) is 0 Å². The van der Waals surface area contributed by atoms with E-state index in [4.69, 9.17) is 5.11 Å². The first kappa shape index (κ1) is 9.95. The second kappa shape index (κ2) is 3.96. The molecule has 62 valence electrons. The zero-order chi connectivity index (χ0) is 9.02. The number of thiocarbonyl (C=S) groups is 1. The Kier molecular flexibility index (Phi) is 3.58. The molecule has 0 aromatic rings. The lowest BCUT2D eigenvalue weighted by Gasteiger charge is -2.14. The summed E-state index contributed by atoms with van der Waals surface area (Å²) in [5, 5.41) is 17.5. The lowest BCUT2D eigenvalue weighted by atomic mass is 10.4. The smallest absolute Gasteiger partial charge is 0.417 e. The Labute approximate surface area is 67.2 Å². The van der Waals surface area contributed by atoms with E-state index < -0.39 is 28.5 Å². The second-order valence-electron chi connectivity index (χ2n) is 1.69. The average molecular weight is 178 g/mol. The van der Waals surface area contributed by atoms with Crippen molar-refractivity contribution in [2.24, 2.45) is 5.73 Å². The largest absolute Gasteiger partial charge is 0.619 e. The highest BCUT2D eigenvalue weighted by Gasteiger charge is 2.15. The molecule has 7 heteroatoms. The van der Waals surface area contributed by atoms with Crippen LogP contribution in [-0.2, 0) is 4.79 Å². The van der Waals surface area contributed by atoms with Crippen LogP contribution in [0.15, 0.2) is 0 Å². The van der Waals surface area contributed by atoms with E-state index >= 15 is 0 Å². The summed E-state index contributed by atoms with van der Waals surface area (Å²) in [5.41, 5.74) is 4.54. The molecule has 0 spiro atoms. The molecule has 4 N–H and O–H groups in total. The predicted octanol–water partition coefficient (Wildman–Crippen LogP) is -1.75. The zero-order valence-corrected chi connectivity index (χ0v) is 6.18. The number of rotatable bonds is 2. The maximum Gasteiger partial charge on any atom is 0.417 e. The summed E-state index contributed by atoms with van der Waals surface area (Å²) in [7, 11) is 0. The summed E-state index contributed by atoms with van der Waals surface area (Å²) in [4.78, 5) is 19.6. The van der Waals surface area contributed by atoms with Gasteiger partial charge in [0.25, 0.3) is 0 Å². The first-order valence-corrected chi connectivity index (χ1v) is 2.94. The van der Waals surface area contributed by atoms with Crippen LogP contribution >= 0.6 is 12.2 Å². The Bertz CT molecular complexity index is 204. The van der Waals surface area contributed by atoms with Gasteiger partial charge >= 0.3 is 12.0 Å². The highest BCUT2D eigenvalue weighted by Crippen LogP contribution is 1.77. The van der Waals surface area contributed by atoms with Gasteiger partial charge in [-0.25, -0.2) is 4.79 Å². The summed E-state index contributed by atoms with van der Waals surface area (Å²) in [6.45, 7) is 0. The van der Waals surface area contributed by atoms with Crippen LogP contribution in [0.1, 0.15) is 6.42 Å². The maximum atomic E-state index is 10.5. The Morgan fingerprint density at radius 1 is 1.64 bits per heavy atom. The molecule has 0 aliphatic heterocycles. The van der Waals surface area contributed by atoms with Gasteiger partial charge in [-0.05, 0) is 12.2 Å². The van der Waals surface area contributed by atoms with Crippen LogP contribution < -0.4 is 10.8 Å². The minimum absolute atomic E-state index is 0.468. The zero-order valence-electron chi connectivity index (χ0n) is 5.36. The Morgan fingerprint density at radius 2 is 2.09 bits per heavy atom. The number of aliphatic carboxylic acids is 1. The number of carbonyl (C=O) groups excluding carboxylic acids is 1. The number of quaternary nitrogens is 1. The summed E-state index contributed by atoms with van der Waals surface area (Å²) in [6.07, 6.45) is -0.628. The van der Waals surface area contributed by atoms with Crippen molar-refractivity contribution in [3.05, 3.63) is 5.21 Å². The monoisotopic (exact) mass is 178 g/mol. The number of carbonyl (C=O) groups is 2. The molecule has 0 heterocycles. The van der Waals surface area contributed by atoms with E-state index in [0.29, 0.717) is 0 Å². The topological polar surface area (TPSA) is 108 Å². The average Bonchev–Trinajstić information content (AvgIpc) is 1.84. The van der Waals surface area contributed by atoms with E-state index in [2.05, 4.69) is 18.0 Å². The highest BCUT2D eigenvalue weighted by molar-refractivity contribution is 7.80. The molecule has 2 amide bonds. The standard InChI is InChI=1S/C4H6N2O4S/c5-4(9)6(10)2(11)1-3(7)8/h6H,1H2,(H2,5,9)(H,7,8). The van der Waals surface area contributed by atoms with E-state index in [9.17, 15) is 14.8 Å². The minimum atomic E-state index is -1.26. The third kappa shape index (κ3) is 3.61.